The summed E-state index contributed by atoms with van der Waals surface area (Å²) in [5.41, 5.74) is 2.59. The summed E-state index contributed by atoms with van der Waals surface area (Å²) in [5, 5.41) is 4.47. The Balaban J connectivity index is 2.12. The molecule has 0 radical (unpaired) electrons. The molecule has 0 bridgehead atoms. The second kappa shape index (κ2) is 7.25. The fourth-order valence-electron chi connectivity index (χ4n) is 2.37. The Labute approximate surface area is 143 Å². The van der Waals surface area contributed by atoms with E-state index in [1.807, 2.05) is 18.5 Å². The van der Waals surface area contributed by atoms with Gasteiger partial charge in [-0.05, 0) is 38.0 Å². The fraction of sp³-hybridized carbons (Fsp3) is 0.412. The molecule has 0 amide bonds. The molecular formula is C17H20BrFN2O2. The van der Waals surface area contributed by atoms with Gasteiger partial charge < -0.3 is 4.74 Å². The van der Waals surface area contributed by atoms with E-state index in [1.54, 1.807) is 6.07 Å². The largest absolute Gasteiger partial charge is 0.423 e. The van der Waals surface area contributed by atoms with Gasteiger partial charge in [0.25, 0.3) is 0 Å². The number of carbonyl (C=O) groups excluding carboxylic acids is 1. The van der Waals surface area contributed by atoms with Crippen molar-refractivity contribution in [3.05, 3.63) is 45.4 Å². The van der Waals surface area contributed by atoms with Gasteiger partial charge in [-0.15, -0.1) is 0 Å². The standard InChI is InChI=1S/C17H20BrFN2O2/c1-10(2)9-21-12(4)14(11(3)20-21)8-17(22)23-16-6-5-13(18)7-15(16)19/h5-7,10H,8-9H2,1-4H3. The predicted molar refractivity (Wildman–Crippen MR) is 90.0 cm³/mol. The Bertz CT molecular complexity index is 726. The van der Waals surface area contributed by atoms with Crippen LogP contribution in [0.3, 0.4) is 0 Å². The van der Waals surface area contributed by atoms with E-state index in [1.165, 1.54) is 12.1 Å². The first kappa shape index (κ1) is 17.7. The number of esters is 1. The van der Waals surface area contributed by atoms with Gasteiger partial charge in [-0.1, -0.05) is 29.8 Å². The van der Waals surface area contributed by atoms with Gasteiger partial charge in [0.15, 0.2) is 11.6 Å². The van der Waals surface area contributed by atoms with Gasteiger partial charge in [0.2, 0.25) is 0 Å². The van der Waals surface area contributed by atoms with Gasteiger partial charge in [-0.3, -0.25) is 9.48 Å². The number of hydrogen-bond acceptors (Lipinski definition) is 3. The highest BCUT2D eigenvalue weighted by Gasteiger charge is 2.18. The number of halogens is 2. The van der Waals surface area contributed by atoms with Gasteiger partial charge >= 0.3 is 5.97 Å². The average molecular weight is 383 g/mol. The second-order valence-corrected chi connectivity index (χ2v) is 6.87. The number of rotatable bonds is 5. The van der Waals surface area contributed by atoms with Crippen LogP contribution in [-0.4, -0.2) is 15.7 Å². The van der Waals surface area contributed by atoms with Crippen molar-refractivity contribution in [1.29, 1.82) is 0 Å². The first-order valence-corrected chi connectivity index (χ1v) is 8.25. The van der Waals surface area contributed by atoms with Gasteiger partial charge in [0, 0.05) is 22.3 Å². The first-order valence-electron chi connectivity index (χ1n) is 7.46. The highest BCUT2D eigenvalue weighted by Crippen LogP contribution is 2.22. The highest BCUT2D eigenvalue weighted by atomic mass is 79.9. The molecule has 1 heterocycles. The second-order valence-electron chi connectivity index (χ2n) is 5.95. The highest BCUT2D eigenvalue weighted by molar-refractivity contribution is 9.10. The molecule has 6 heteroatoms. The number of benzene rings is 1. The average Bonchev–Trinajstić information content (AvgIpc) is 2.69. The molecule has 0 aliphatic carbocycles. The summed E-state index contributed by atoms with van der Waals surface area (Å²) in [6.45, 7) is 8.82. The zero-order chi connectivity index (χ0) is 17.1. The summed E-state index contributed by atoms with van der Waals surface area (Å²) >= 11 is 3.17. The summed E-state index contributed by atoms with van der Waals surface area (Å²) in [6.07, 6.45) is 0.0747. The Morgan fingerprint density at radius 3 is 2.70 bits per heavy atom. The normalized spacial score (nSPS) is 11.1. The smallest absolute Gasteiger partial charge is 0.315 e. The van der Waals surface area contributed by atoms with Crippen molar-refractivity contribution in [2.24, 2.45) is 5.92 Å². The topological polar surface area (TPSA) is 44.1 Å². The van der Waals surface area contributed by atoms with E-state index in [-0.39, 0.29) is 12.2 Å². The first-order chi connectivity index (χ1) is 10.8. The number of nitrogens with zero attached hydrogens (tertiary/aromatic N) is 2. The monoisotopic (exact) mass is 382 g/mol. The summed E-state index contributed by atoms with van der Waals surface area (Å²) in [4.78, 5) is 12.1. The number of carbonyl (C=O) groups is 1. The molecule has 0 N–H and O–H groups in total. The quantitative estimate of drug-likeness (QED) is 0.574. The van der Waals surface area contributed by atoms with E-state index in [4.69, 9.17) is 4.74 Å². The van der Waals surface area contributed by atoms with Crippen LogP contribution < -0.4 is 4.74 Å². The van der Waals surface area contributed by atoms with Crippen LogP contribution in [0.25, 0.3) is 0 Å². The van der Waals surface area contributed by atoms with Crippen molar-refractivity contribution in [2.45, 2.75) is 40.7 Å². The zero-order valence-electron chi connectivity index (χ0n) is 13.7. The molecule has 2 rings (SSSR count). The molecule has 0 saturated heterocycles. The molecule has 0 saturated carbocycles. The van der Waals surface area contributed by atoms with Crippen LogP contribution >= 0.6 is 15.9 Å². The molecule has 0 fully saturated rings. The Hall–Kier alpha value is -1.69. The van der Waals surface area contributed by atoms with Crippen LogP contribution in [0, 0.1) is 25.6 Å². The van der Waals surface area contributed by atoms with Crippen molar-refractivity contribution in [3.8, 4) is 5.75 Å². The molecule has 4 nitrogen and oxygen atoms in total. The van der Waals surface area contributed by atoms with Gasteiger partial charge in [0.05, 0.1) is 12.1 Å². The summed E-state index contributed by atoms with van der Waals surface area (Å²) in [5.74, 6) is -0.675. The van der Waals surface area contributed by atoms with E-state index in [9.17, 15) is 9.18 Å². The van der Waals surface area contributed by atoms with E-state index >= 15 is 0 Å². The van der Waals surface area contributed by atoms with Crippen LogP contribution in [0.15, 0.2) is 22.7 Å². The number of aryl methyl sites for hydroxylation is 1. The lowest BCUT2D eigenvalue weighted by Gasteiger charge is -2.08. The maximum absolute atomic E-state index is 13.7. The third-order valence-corrected chi connectivity index (χ3v) is 4.00. The molecular weight excluding hydrogens is 363 g/mol. The Morgan fingerprint density at radius 1 is 1.39 bits per heavy atom. The minimum Gasteiger partial charge on any atom is -0.423 e. The molecule has 1 aromatic heterocycles. The molecule has 0 atom stereocenters. The van der Waals surface area contributed by atoms with E-state index in [0.29, 0.717) is 10.4 Å². The van der Waals surface area contributed by atoms with Crippen LogP contribution in [0.4, 0.5) is 4.39 Å². The van der Waals surface area contributed by atoms with Crippen molar-refractivity contribution >= 4 is 21.9 Å². The fourth-order valence-corrected chi connectivity index (χ4v) is 2.71. The maximum atomic E-state index is 13.7. The summed E-state index contributed by atoms with van der Waals surface area (Å²) in [7, 11) is 0. The number of aromatic nitrogens is 2. The lowest BCUT2D eigenvalue weighted by Crippen LogP contribution is -2.14. The minimum absolute atomic E-state index is 0.0666. The molecule has 0 aliphatic heterocycles. The van der Waals surface area contributed by atoms with Crippen molar-refractivity contribution in [3.63, 3.8) is 0 Å². The van der Waals surface area contributed by atoms with E-state index in [0.717, 1.165) is 23.5 Å². The van der Waals surface area contributed by atoms with Crippen molar-refractivity contribution in [1.82, 2.24) is 9.78 Å². The molecule has 1 aromatic carbocycles. The number of hydrogen-bond donors (Lipinski definition) is 0. The Kier molecular flexibility index (Phi) is 5.57. The minimum atomic E-state index is -0.573. The van der Waals surface area contributed by atoms with E-state index in [2.05, 4.69) is 34.9 Å². The van der Waals surface area contributed by atoms with Crippen LogP contribution in [-0.2, 0) is 17.8 Å². The van der Waals surface area contributed by atoms with Gasteiger partial charge in [-0.2, -0.15) is 5.10 Å². The van der Waals surface area contributed by atoms with Gasteiger partial charge in [0.1, 0.15) is 0 Å². The van der Waals surface area contributed by atoms with Gasteiger partial charge in [-0.25, -0.2) is 4.39 Å². The number of ether oxygens (including phenoxy) is 1. The summed E-state index contributed by atoms with van der Waals surface area (Å²) < 4.78 is 21.4. The van der Waals surface area contributed by atoms with Crippen LogP contribution in [0.1, 0.15) is 30.8 Å². The molecule has 0 aliphatic rings. The third-order valence-electron chi connectivity index (χ3n) is 3.51. The van der Waals surface area contributed by atoms with E-state index < -0.39 is 11.8 Å². The zero-order valence-corrected chi connectivity index (χ0v) is 15.3. The summed E-state index contributed by atoms with van der Waals surface area (Å²) in [6, 6.07) is 4.32. The van der Waals surface area contributed by atoms with Crippen LogP contribution in [0.2, 0.25) is 0 Å². The maximum Gasteiger partial charge on any atom is 0.315 e. The molecule has 0 spiro atoms. The Morgan fingerprint density at radius 2 is 2.09 bits per heavy atom. The molecule has 124 valence electrons. The lowest BCUT2D eigenvalue weighted by molar-refractivity contribution is -0.133. The lowest BCUT2D eigenvalue weighted by atomic mass is 10.1. The SMILES string of the molecule is Cc1nn(CC(C)C)c(C)c1CC(=O)Oc1ccc(Br)cc1F. The van der Waals surface area contributed by atoms with Crippen molar-refractivity contribution < 1.29 is 13.9 Å². The predicted octanol–water partition coefficient (Wildman–Crippen LogP) is 4.21. The third kappa shape index (κ3) is 4.41. The molecule has 23 heavy (non-hydrogen) atoms. The molecule has 2 aromatic rings. The van der Waals surface area contributed by atoms with Crippen LogP contribution in [0.5, 0.6) is 5.75 Å². The van der Waals surface area contributed by atoms with Crippen molar-refractivity contribution in [2.75, 3.05) is 0 Å². The molecule has 0 unspecified atom stereocenters.